The lowest BCUT2D eigenvalue weighted by atomic mass is 10.1. The Morgan fingerprint density at radius 1 is 1.28 bits per heavy atom. The second-order valence-corrected chi connectivity index (χ2v) is 4.87. The molecule has 18 heavy (non-hydrogen) atoms. The summed E-state index contributed by atoms with van der Waals surface area (Å²) in [6.07, 6.45) is 0.509. The van der Waals surface area contributed by atoms with Gasteiger partial charge in [-0.15, -0.1) is 0 Å². The fraction of sp³-hybridized carbons (Fsp3) is 0.333. The molecule has 96 valence electrons. The van der Waals surface area contributed by atoms with Gasteiger partial charge < -0.3 is 15.8 Å². The van der Waals surface area contributed by atoms with E-state index >= 15 is 0 Å². The molecule has 6 heteroatoms. The van der Waals surface area contributed by atoms with Gasteiger partial charge in [0.15, 0.2) is 0 Å². The van der Waals surface area contributed by atoms with E-state index in [0.717, 1.165) is 23.1 Å². The lowest BCUT2D eigenvalue weighted by Crippen LogP contribution is -2.30. The number of nitrogens with one attached hydrogen (secondary N) is 1. The van der Waals surface area contributed by atoms with Crippen molar-refractivity contribution in [3.05, 3.63) is 29.8 Å². The molecular weight excluding hydrogens is 252 g/mol. The quantitative estimate of drug-likeness (QED) is 0.828. The summed E-state index contributed by atoms with van der Waals surface area (Å²) < 4.78 is 5.35. The number of carbonyl (C=O) groups is 2. The standard InChI is InChI=1S/C12H14N2O3S/c13-5-6-17-9-3-1-8(2-4-9)7-10-11(15)18-12(16)14-10/h1-4,10H,5-7,13H2,(H,14,16). The maximum Gasteiger partial charge on any atom is 0.287 e. The van der Waals surface area contributed by atoms with Crippen molar-refractivity contribution < 1.29 is 14.3 Å². The van der Waals surface area contributed by atoms with Crippen LogP contribution in [0.3, 0.4) is 0 Å². The summed E-state index contributed by atoms with van der Waals surface area (Å²) in [6.45, 7) is 0.953. The van der Waals surface area contributed by atoms with Gasteiger partial charge in [-0.25, -0.2) is 0 Å². The van der Waals surface area contributed by atoms with Crippen LogP contribution in [0.4, 0.5) is 4.79 Å². The van der Waals surface area contributed by atoms with Crippen LogP contribution in [0.15, 0.2) is 24.3 Å². The number of thioether (sulfide) groups is 1. The van der Waals surface area contributed by atoms with E-state index in [1.807, 2.05) is 24.3 Å². The highest BCUT2D eigenvalue weighted by Crippen LogP contribution is 2.20. The number of ether oxygens (including phenoxy) is 1. The van der Waals surface area contributed by atoms with Crippen molar-refractivity contribution >= 4 is 22.1 Å². The third-order valence-electron chi connectivity index (χ3n) is 2.52. The van der Waals surface area contributed by atoms with Crippen molar-refractivity contribution in [1.82, 2.24) is 5.32 Å². The SMILES string of the molecule is NCCOc1ccc(CC2NC(=O)SC2=O)cc1. The lowest BCUT2D eigenvalue weighted by molar-refractivity contribution is -0.112. The number of amides is 1. The normalized spacial score (nSPS) is 18.8. The molecule has 0 aliphatic carbocycles. The molecule has 0 aromatic heterocycles. The number of benzene rings is 1. The highest BCUT2D eigenvalue weighted by atomic mass is 32.2. The largest absolute Gasteiger partial charge is 0.492 e. The van der Waals surface area contributed by atoms with E-state index in [-0.39, 0.29) is 10.4 Å². The van der Waals surface area contributed by atoms with Crippen LogP contribution in [0.2, 0.25) is 0 Å². The molecule has 1 atom stereocenters. The molecule has 1 amide bonds. The van der Waals surface area contributed by atoms with E-state index in [0.29, 0.717) is 19.6 Å². The van der Waals surface area contributed by atoms with E-state index < -0.39 is 6.04 Å². The first kappa shape index (κ1) is 12.9. The average Bonchev–Trinajstić information content (AvgIpc) is 2.67. The summed E-state index contributed by atoms with van der Waals surface area (Å²) in [7, 11) is 0. The number of hydrogen-bond donors (Lipinski definition) is 2. The first-order valence-corrected chi connectivity index (χ1v) is 6.44. The molecule has 0 radical (unpaired) electrons. The van der Waals surface area contributed by atoms with Crippen LogP contribution in [0.1, 0.15) is 5.56 Å². The zero-order valence-corrected chi connectivity index (χ0v) is 10.5. The van der Waals surface area contributed by atoms with Crippen molar-refractivity contribution in [3.63, 3.8) is 0 Å². The molecule has 1 unspecified atom stereocenters. The Hall–Kier alpha value is -1.53. The molecule has 0 saturated carbocycles. The Labute approximate surface area is 109 Å². The second-order valence-electron chi connectivity index (χ2n) is 3.89. The first-order valence-electron chi connectivity index (χ1n) is 5.63. The van der Waals surface area contributed by atoms with E-state index in [1.54, 1.807) is 0 Å². The molecule has 5 nitrogen and oxygen atoms in total. The molecule has 1 aliphatic heterocycles. The summed E-state index contributed by atoms with van der Waals surface area (Å²) in [6, 6.07) is 7.01. The molecule has 0 spiro atoms. The predicted molar refractivity (Wildman–Crippen MR) is 69.6 cm³/mol. The maximum atomic E-state index is 11.4. The number of rotatable bonds is 5. The van der Waals surface area contributed by atoms with Gasteiger partial charge in [-0.05, 0) is 17.7 Å². The predicted octanol–water partition coefficient (Wildman–Crippen LogP) is 0.918. The minimum absolute atomic E-state index is 0.122. The minimum Gasteiger partial charge on any atom is -0.492 e. The molecule has 0 bridgehead atoms. The van der Waals surface area contributed by atoms with Gasteiger partial charge in [-0.2, -0.15) is 0 Å². The molecule has 1 fully saturated rings. The molecule has 1 aliphatic rings. The molecular formula is C12H14N2O3S. The molecule has 3 N–H and O–H groups in total. The summed E-state index contributed by atoms with van der Waals surface area (Å²) in [5, 5.41) is 2.24. The van der Waals surface area contributed by atoms with Crippen LogP contribution in [-0.2, 0) is 11.2 Å². The van der Waals surface area contributed by atoms with Gasteiger partial charge in [0.25, 0.3) is 5.24 Å². The zero-order chi connectivity index (χ0) is 13.0. The summed E-state index contributed by atoms with van der Waals surface area (Å²) in [5.41, 5.74) is 6.32. The Kier molecular flexibility index (Phi) is 4.22. The van der Waals surface area contributed by atoms with Crippen molar-refractivity contribution in [1.29, 1.82) is 0 Å². The topological polar surface area (TPSA) is 81.4 Å². The Balaban J connectivity index is 1.94. The van der Waals surface area contributed by atoms with E-state index in [4.69, 9.17) is 10.5 Å². The molecule has 2 rings (SSSR count). The van der Waals surface area contributed by atoms with Gasteiger partial charge in [-0.3, -0.25) is 9.59 Å². The highest BCUT2D eigenvalue weighted by Gasteiger charge is 2.31. The van der Waals surface area contributed by atoms with Crippen LogP contribution < -0.4 is 15.8 Å². The van der Waals surface area contributed by atoms with Gasteiger partial charge in [0.1, 0.15) is 18.4 Å². The number of hydrogen-bond acceptors (Lipinski definition) is 5. The minimum atomic E-state index is -0.418. The van der Waals surface area contributed by atoms with Gasteiger partial charge in [0.2, 0.25) is 5.12 Å². The molecule has 1 aromatic rings. The van der Waals surface area contributed by atoms with E-state index in [1.165, 1.54) is 0 Å². The van der Waals surface area contributed by atoms with E-state index in [9.17, 15) is 9.59 Å². The first-order chi connectivity index (χ1) is 8.69. The van der Waals surface area contributed by atoms with Gasteiger partial charge in [0, 0.05) is 24.7 Å². The van der Waals surface area contributed by atoms with Crippen LogP contribution in [-0.4, -0.2) is 29.5 Å². The molecule has 1 saturated heterocycles. The zero-order valence-electron chi connectivity index (χ0n) is 9.72. The fourth-order valence-electron chi connectivity index (χ4n) is 1.66. The van der Waals surface area contributed by atoms with Crippen molar-refractivity contribution in [3.8, 4) is 5.75 Å². The third-order valence-corrected chi connectivity index (χ3v) is 3.31. The van der Waals surface area contributed by atoms with Crippen molar-refractivity contribution in [2.45, 2.75) is 12.5 Å². The van der Waals surface area contributed by atoms with Crippen LogP contribution >= 0.6 is 11.8 Å². The average molecular weight is 266 g/mol. The number of nitrogens with two attached hydrogens (primary N) is 1. The van der Waals surface area contributed by atoms with Crippen LogP contribution in [0.25, 0.3) is 0 Å². The molecule has 1 aromatic carbocycles. The van der Waals surface area contributed by atoms with Gasteiger partial charge >= 0.3 is 0 Å². The summed E-state index contributed by atoms with van der Waals surface area (Å²) in [4.78, 5) is 22.5. The lowest BCUT2D eigenvalue weighted by Gasteiger charge is -2.09. The second kappa shape index (κ2) is 5.88. The maximum absolute atomic E-state index is 11.4. The van der Waals surface area contributed by atoms with Crippen LogP contribution in [0, 0.1) is 0 Å². The molecule has 1 heterocycles. The Morgan fingerprint density at radius 3 is 2.56 bits per heavy atom. The summed E-state index contributed by atoms with van der Waals surface area (Å²) >= 11 is 0.735. The monoisotopic (exact) mass is 266 g/mol. The third kappa shape index (κ3) is 3.24. The smallest absolute Gasteiger partial charge is 0.287 e. The van der Waals surface area contributed by atoms with Gasteiger partial charge in [0.05, 0.1) is 0 Å². The fourth-order valence-corrected chi connectivity index (χ4v) is 2.33. The summed E-state index contributed by atoms with van der Waals surface area (Å²) in [5.74, 6) is 0.750. The Morgan fingerprint density at radius 2 is 2.00 bits per heavy atom. The number of carbonyl (C=O) groups excluding carboxylic acids is 2. The van der Waals surface area contributed by atoms with Crippen molar-refractivity contribution in [2.24, 2.45) is 5.73 Å². The van der Waals surface area contributed by atoms with Gasteiger partial charge in [-0.1, -0.05) is 12.1 Å². The highest BCUT2D eigenvalue weighted by molar-refractivity contribution is 8.26. The van der Waals surface area contributed by atoms with Crippen LogP contribution in [0.5, 0.6) is 5.75 Å². The Bertz CT molecular complexity index is 447. The van der Waals surface area contributed by atoms with Crippen molar-refractivity contribution in [2.75, 3.05) is 13.2 Å². The van der Waals surface area contributed by atoms with E-state index in [2.05, 4.69) is 5.32 Å².